The van der Waals surface area contributed by atoms with Gasteiger partial charge in [-0.15, -0.1) is 11.8 Å². The van der Waals surface area contributed by atoms with Gasteiger partial charge in [0, 0.05) is 38.9 Å². The van der Waals surface area contributed by atoms with Crippen molar-refractivity contribution in [2.75, 3.05) is 13.1 Å². The van der Waals surface area contributed by atoms with Gasteiger partial charge in [0.1, 0.15) is 0 Å². The fourth-order valence-electron chi connectivity index (χ4n) is 3.60. The van der Waals surface area contributed by atoms with Crippen molar-refractivity contribution in [3.05, 3.63) is 70.5 Å². The van der Waals surface area contributed by atoms with Gasteiger partial charge in [0.25, 0.3) is 0 Å². The molecule has 1 aliphatic rings. The highest BCUT2D eigenvalue weighted by Gasteiger charge is 2.30. The summed E-state index contributed by atoms with van der Waals surface area (Å²) < 4.78 is 39.2. The van der Waals surface area contributed by atoms with E-state index in [0.717, 1.165) is 41.4 Å². The van der Waals surface area contributed by atoms with Gasteiger partial charge in [-0.3, -0.25) is 9.88 Å². The second kappa shape index (κ2) is 8.66. The Labute approximate surface area is 180 Å². The molecular formula is C22H20BrF3N2S. The average Bonchev–Trinajstić information content (AvgIpc) is 2.70. The molecule has 0 N–H and O–H groups in total. The summed E-state index contributed by atoms with van der Waals surface area (Å²) >= 11 is 5.58. The van der Waals surface area contributed by atoms with Crippen LogP contribution in [0.15, 0.2) is 64.2 Å². The summed E-state index contributed by atoms with van der Waals surface area (Å²) in [6, 6.07) is 11.9. The van der Waals surface area contributed by atoms with E-state index in [1.165, 1.54) is 22.4 Å². The van der Waals surface area contributed by atoms with Gasteiger partial charge in [-0.05, 0) is 83.1 Å². The van der Waals surface area contributed by atoms with Crippen LogP contribution >= 0.6 is 27.7 Å². The molecule has 0 bridgehead atoms. The maximum absolute atomic E-state index is 12.7. The molecule has 3 aromatic rings. The van der Waals surface area contributed by atoms with Gasteiger partial charge < -0.3 is 0 Å². The number of piperidine rings is 1. The SMILES string of the molecule is FC(F)(F)c1ccc(CN2CCC(Sc3cc4ccncc4cc3Br)CC2)cc1. The Balaban J connectivity index is 1.33. The first kappa shape index (κ1) is 20.7. The molecule has 2 heterocycles. The summed E-state index contributed by atoms with van der Waals surface area (Å²) in [6.07, 6.45) is 1.53. The molecule has 0 unspecified atom stereocenters. The number of fused-ring (bicyclic) bond motifs is 1. The van der Waals surface area contributed by atoms with E-state index in [4.69, 9.17) is 0 Å². The highest BCUT2D eigenvalue weighted by atomic mass is 79.9. The summed E-state index contributed by atoms with van der Waals surface area (Å²) in [4.78, 5) is 7.73. The molecule has 2 nitrogen and oxygen atoms in total. The minimum Gasteiger partial charge on any atom is -0.299 e. The molecule has 1 saturated heterocycles. The van der Waals surface area contributed by atoms with Gasteiger partial charge in [0.2, 0.25) is 0 Å². The van der Waals surface area contributed by atoms with Gasteiger partial charge in [-0.25, -0.2) is 0 Å². The van der Waals surface area contributed by atoms with Crippen molar-refractivity contribution < 1.29 is 13.2 Å². The van der Waals surface area contributed by atoms with Gasteiger partial charge >= 0.3 is 6.18 Å². The number of hydrogen-bond donors (Lipinski definition) is 0. The molecule has 1 fully saturated rings. The monoisotopic (exact) mass is 480 g/mol. The maximum atomic E-state index is 12.7. The molecule has 0 spiro atoms. The van der Waals surface area contributed by atoms with E-state index in [1.807, 2.05) is 30.2 Å². The van der Waals surface area contributed by atoms with E-state index >= 15 is 0 Å². The summed E-state index contributed by atoms with van der Waals surface area (Å²) in [5.41, 5.74) is 0.336. The first-order chi connectivity index (χ1) is 13.9. The number of nitrogens with zero attached hydrogens (tertiary/aromatic N) is 2. The third kappa shape index (κ3) is 5.13. The maximum Gasteiger partial charge on any atom is 0.416 e. The number of aromatic nitrogens is 1. The van der Waals surface area contributed by atoms with Crippen LogP contribution in [-0.4, -0.2) is 28.2 Å². The lowest BCUT2D eigenvalue weighted by Crippen LogP contribution is -2.34. The van der Waals surface area contributed by atoms with Crippen LogP contribution in [0.4, 0.5) is 13.2 Å². The fraction of sp³-hybridized carbons (Fsp3) is 0.318. The number of hydrogen-bond acceptors (Lipinski definition) is 3. The van der Waals surface area contributed by atoms with Crippen molar-refractivity contribution in [2.24, 2.45) is 0 Å². The van der Waals surface area contributed by atoms with E-state index in [0.29, 0.717) is 11.8 Å². The van der Waals surface area contributed by atoms with Crippen molar-refractivity contribution in [2.45, 2.75) is 35.7 Å². The third-order valence-corrected chi connectivity index (χ3v) is 7.52. The molecule has 2 aromatic carbocycles. The summed E-state index contributed by atoms with van der Waals surface area (Å²) in [5.74, 6) is 0. The number of thioether (sulfide) groups is 1. The Kier molecular flexibility index (Phi) is 6.18. The largest absolute Gasteiger partial charge is 0.416 e. The van der Waals surface area contributed by atoms with Crippen LogP contribution in [-0.2, 0) is 12.7 Å². The molecule has 0 aliphatic carbocycles. The first-order valence-electron chi connectivity index (χ1n) is 9.47. The highest BCUT2D eigenvalue weighted by Crippen LogP contribution is 2.37. The summed E-state index contributed by atoms with van der Waals surface area (Å²) in [5, 5.41) is 2.84. The first-order valence-corrected chi connectivity index (χ1v) is 11.1. The fourth-order valence-corrected chi connectivity index (χ4v) is 5.41. The standard InChI is InChI=1S/C22H20BrF3N2S/c23-20-11-17-13-27-8-5-16(17)12-21(20)29-19-6-9-28(10-7-19)14-15-1-3-18(4-2-15)22(24,25)26/h1-5,8,11-13,19H,6-7,9-10,14H2. The van der Waals surface area contributed by atoms with Gasteiger partial charge in [-0.1, -0.05) is 12.1 Å². The molecule has 0 atom stereocenters. The van der Waals surface area contributed by atoms with E-state index in [1.54, 1.807) is 12.1 Å². The average molecular weight is 481 g/mol. The van der Waals surface area contributed by atoms with Gasteiger partial charge in [-0.2, -0.15) is 13.2 Å². The van der Waals surface area contributed by atoms with E-state index in [-0.39, 0.29) is 0 Å². The lowest BCUT2D eigenvalue weighted by molar-refractivity contribution is -0.137. The number of likely N-dealkylation sites (tertiary alicyclic amines) is 1. The minimum absolute atomic E-state index is 0.537. The number of pyridine rings is 1. The zero-order valence-electron chi connectivity index (χ0n) is 15.6. The number of halogens is 4. The van der Waals surface area contributed by atoms with Crippen molar-refractivity contribution in [3.8, 4) is 0 Å². The molecule has 0 saturated carbocycles. The summed E-state index contributed by atoms with van der Waals surface area (Å²) in [7, 11) is 0. The Morgan fingerprint density at radius 2 is 1.76 bits per heavy atom. The van der Waals surface area contributed by atoms with Crippen molar-refractivity contribution >= 4 is 38.5 Å². The van der Waals surface area contributed by atoms with Crippen LogP contribution in [0.25, 0.3) is 10.8 Å². The smallest absolute Gasteiger partial charge is 0.299 e. The van der Waals surface area contributed by atoms with Gasteiger partial charge in [0.15, 0.2) is 0 Å². The summed E-state index contributed by atoms with van der Waals surface area (Å²) in [6.45, 7) is 2.60. The minimum atomic E-state index is -4.28. The second-order valence-electron chi connectivity index (χ2n) is 7.29. The van der Waals surface area contributed by atoms with Crippen molar-refractivity contribution in [1.82, 2.24) is 9.88 Å². The molecule has 0 amide bonds. The van der Waals surface area contributed by atoms with Crippen LogP contribution < -0.4 is 0 Å². The second-order valence-corrected chi connectivity index (χ2v) is 9.49. The van der Waals surface area contributed by atoms with E-state index < -0.39 is 11.7 Å². The van der Waals surface area contributed by atoms with E-state index in [2.05, 4.69) is 37.9 Å². The Bertz CT molecular complexity index is 984. The number of benzene rings is 2. The molecule has 1 aromatic heterocycles. The Hall–Kier alpha value is -1.57. The third-order valence-electron chi connectivity index (χ3n) is 5.21. The lowest BCUT2D eigenvalue weighted by Gasteiger charge is -2.32. The molecule has 152 valence electrons. The molecular weight excluding hydrogens is 461 g/mol. The lowest BCUT2D eigenvalue weighted by atomic mass is 10.1. The topological polar surface area (TPSA) is 16.1 Å². The predicted molar refractivity (Wildman–Crippen MR) is 115 cm³/mol. The zero-order chi connectivity index (χ0) is 20.4. The predicted octanol–water partition coefficient (Wildman–Crippen LogP) is 6.77. The Morgan fingerprint density at radius 3 is 2.45 bits per heavy atom. The Morgan fingerprint density at radius 1 is 1.03 bits per heavy atom. The molecule has 0 radical (unpaired) electrons. The molecule has 29 heavy (non-hydrogen) atoms. The van der Waals surface area contributed by atoms with E-state index in [9.17, 15) is 13.2 Å². The number of alkyl halides is 3. The number of rotatable bonds is 4. The molecule has 1 aliphatic heterocycles. The van der Waals surface area contributed by atoms with Crippen LogP contribution in [0.5, 0.6) is 0 Å². The quantitative estimate of drug-likeness (QED) is 0.409. The van der Waals surface area contributed by atoms with Gasteiger partial charge in [0.05, 0.1) is 5.56 Å². The van der Waals surface area contributed by atoms with Crippen LogP contribution in [0.3, 0.4) is 0 Å². The van der Waals surface area contributed by atoms with Crippen molar-refractivity contribution in [3.63, 3.8) is 0 Å². The molecule has 7 heteroatoms. The highest BCUT2D eigenvalue weighted by molar-refractivity contribution is 9.10. The zero-order valence-corrected chi connectivity index (χ0v) is 18.0. The normalized spacial score (nSPS) is 16.4. The van der Waals surface area contributed by atoms with Crippen LogP contribution in [0.2, 0.25) is 0 Å². The van der Waals surface area contributed by atoms with Crippen LogP contribution in [0, 0.1) is 0 Å². The van der Waals surface area contributed by atoms with Crippen molar-refractivity contribution in [1.29, 1.82) is 0 Å². The molecule has 4 rings (SSSR count). The van der Waals surface area contributed by atoms with Crippen LogP contribution in [0.1, 0.15) is 24.0 Å².